The van der Waals surface area contributed by atoms with Crippen LogP contribution in [0.5, 0.6) is 0 Å². The zero-order valence-electron chi connectivity index (χ0n) is 10.4. The van der Waals surface area contributed by atoms with E-state index in [4.69, 9.17) is 23.2 Å². The maximum Gasteiger partial charge on any atom is 0.178 e. The summed E-state index contributed by atoms with van der Waals surface area (Å²) in [4.78, 5) is 4.43. The number of hydrogen-bond acceptors (Lipinski definition) is 3. The first-order chi connectivity index (χ1) is 9.47. The van der Waals surface area contributed by atoms with Gasteiger partial charge in [0.05, 0.1) is 33.3 Å². The number of benzene rings is 1. The first-order valence-electron chi connectivity index (χ1n) is 6.36. The summed E-state index contributed by atoms with van der Waals surface area (Å²) in [5.41, 5.74) is 1.63. The van der Waals surface area contributed by atoms with Crippen LogP contribution in [0.1, 0.15) is 25.3 Å². The molecule has 20 heavy (non-hydrogen) atoms. The minimum atomic E-state index is -0.708. The van der Waals surface area contributed by atoms with E-state index >= 15 is 0 Å². The van der Waals surface area contributed by atoms with Gasteiger partial charge in [-0.05, 0) is 47.3 Å². The maximum absolute atomic E-state index is 9.86. The van der Waals surface area contributed by atoms with Gasteiger partial charge < -0.3 is 14.8 Å². The van der Waals surface area contributed by atoms with Gasteiger partial charge in [0.25, 0.3) is 0 Å². The molecule has 1 fully saturated rings. The number of rotatable bonds is 1. The van der Waals surface area contributed by atoms with Crippen LogP contribution in [0.3, 0.4) is 0 Å². The normalized spacial score (nSPS) is 27.1. The van der Waals surface area contributed by atoms with E-state index < -0.39 is 12.2 Å². The lowest BCUT2D eigenvalue weighted by Crippen LogP contribution is -2.34. The van der Waals surface area contributed by atoms with Gasteiger partial charge in [0.2, 0.25) is 0 Å². The van der Waals surface area contributed by atoms with Gasteiger partial charge in [0.15, 0.2) is 4.73 Å². The van der Waals surface area contributed by atoms with Crippen molar-refractivity contribution in [2.75, 3.05) is 0 Å². The Morgan fingerprint density at radius 1 is 1.15 bits per heavy atom. The smallest absolute Gasteiger partial charge is 0.178 e. The molecule has 0 aliphatic heterocycles. The molecule has 0 spiro atoms. The molecule has 1 aliphatic carbocycles. The molecule has 2 N–H and O–H groups in total. The Balaban J connectivity index is 2.07. The molecule has 1 aliphatic rings. The van der Waals surface area contributed by atoms with Crippen molar-refractivity contribution < 1.29 is 10.2 Å². The summed E-state index contributed by atoms with van der Waals surface area (Å²) >= 11 is 15.5. The Kier molecular flexibility index (Phi) is 3.99. The zero-order chi connectivity index (χ0) is 14.4. The van der Waals surface area contributed by atoms with Crippen LogP contribution in [-0.4, -0.2) is 32.0 Å². The number of hydrogen-bond donors (Lipinski definition) is 2. The molecule has 0 amide bonds. The monoisotopic (exact) mass is 378 g/mol. The van der Waals surface area contributed by atoms with Crippen molar-refractivity contribution in [1.29, 1.82) is 0 Å². The standard InChI is InChI=1S/C13H13BrCl2N2O2/c14-13-17-9-4-7(15)8(16)5-10(9)18(13)6-1-2-11(19)12(20)3-6/h4-6,11-12,19-20H,1-3H2. The minimum absolute atomic E-state index is 0.0741. The highest BCUT2D eigenvalue weighted by Crippen LogP contribution is 2.36. The van der Waals surface area contributed by atoms with Crippen LogP contribution in [0.15, 0.2) is 16.9 Å². The van der Waals surface area contributed by atoms with E-state index in [9.17, 15) is 10.2 Å². The molecule has 7 heteroatoms. The third-order valence-corrected chi connectivity index (χ3v) is 5.09. The van der Waals surface area contributed by atoms with Gasteiger partial charge in [-0.3, -0.25) is 0 Å². The van der Waals surface area contributed by atoms with Crippen LogP contribution in [0.2, 0.25) is 10.0 Å². The highest BCUT2D eigenvalue weighted by atomic mass is 79.9. The quantitative estimate of drug-likeness (QED) is 0.796. The maximum atomic E-state index is 9.86. The van der Waals surface area contributed by atoms with Gasteiger partial charge in [-0.1, -0.05) is 23.2 Å². The van der Waals surface area contributed by atoms with E-state index in [1.54, 1.807) is 12.1 Å². The van der Waals surface area contributed by atoms with Crippen molar-refractivity contribution in [2.45, 2.75) is 37.5 Å². The average molecular weight is 380 g/mol. The van der Waals surface area contributed by atoms with Crippen molar-refractivity contribution >= 4 is 50.2 Å². The fraction of sp³-hybridized carbons (Fsp3) is 0.462. The summed E-state index contributed by atoms with van der Waals surface area (Å²) in [5, 5.41) is 20.4. The molecule has 1 heterocycles. The van der Waals surface area contributed by atoms with E-state index in [1.165, 1.54) is 0 Å². The predicted octanol–water partition coefficient (Wildman–Crippen LogP) is 3.55. The van der Waals surface area contributed by atoms with Gasteiger partial charge in [0.1, 0.15) is 0 Å². The van der Waals surface area contributed by atoms with Crippen LogP contribution < -0.4 is 0 Å². The van der Waals surface area contributed by atoms with Crippen LogP contribution in [0, 0.1) is 0 Å². The highest BCUT2D eigenvalue weighted by Gasteiger charge is 2.30. The minimum Gasteiger partial charge on any atom is -0.390 e. The van der Waals surface area contributed by atoms with Crippen molar-refractivity contribution in [3.05, 3.63) is 26.9 Å². The third kappa shape index (κ3) is 2.46. The number of aliphatic hydroxyl groups is 2. The van der Waals surface area contributed by atoms with Crippen molar-refractivity contribution in [1.82, 2.24) is 9.55 Å². The largest absolute Gasteiger partial charge is 0.390 e. The van der Waals surface area contributed by atoms with Crippen LogP contribution in [0.4, 0.5) is 0 Å². The first-order valence-corrected chi connectivity index (χ1v) is 7.91. The van der Waals surface area contributed by atoms with Crippen LogP contribution in [0.25, 0.3) is 11.0 Å². The van der Waals surface area contributed by atoms with Gasteiger partial charge in [0, 0.05) is 6.04 Å². The topological polar surface area (TPSA) is 58.3 Å². The highest BCUT2D eigenvalue weighted by molar-refractivity contribution is 9.10. The molecule has 3 rings (SSSR count). The summed E-state index contributed by atoms with van der Waals surface area (Å²) in [6, 6.07) is 3.59. The summed E-state index contributed by atoms with van der Waals surface area (Å²) in [7, 11) is 0. The molecule has 4 nitrogen and oxygen atoms in total. The number of halogens is 3. The number of nitrogens with zero attached hydrogens (tertiary/aromatic N) is 2. The Labute approximate surface area is 134 Å². The molecular weight excluding hydrogens is 367 g/mol. The molecule has 0 radical (unpaired) electrons. The molecule has 0 bridgehead atoms. The predicted molar refractivity (Wildman–Crippen MR) is 82.4 cm³/mol. The van der Waals surface area contributed by atoms with E-state index in [2.05, 4.69) is 20.9 Å². The SMILES string of the molecule is OC1CCC(n2c(Br)nc3cc(Cl)c(Cl)cc32)CC1O. The number of aliphatic hydroxyl groups excluding tert-OH is 2. The molecule has 108 valence electrons. The summed E-state index contributed by atoms with van der Waals surface area (Å²) in [6.07, 6.45) is 0.492. The Morgan fingerprint density at radius 2 is 1.85 bits per heavy atom. The van der Waals surface area contributed by atoms with Crippen molar-refractivity contribution in [3.8, 4) is 0 Å². The molecule has 1 aromatic carbocycles. The Morgan fingerprint density at radius 3 is 2.55 bits per heavy atom. The lowest BCUT2D eigenvalue weighted by atomic mass is 9.90. The van der Waals surface area contributed by atoms with Crippen LogP contribution >= 0.6 is 39.1 Å². The molecule has 1 saturated carbocycles. The average Bonchev–Trinajstić information content (AvgIpc) is 2.69. The summed E-state index contributed by atoms with van der Waals surface area (Å²) in [5.74, 6) is 0. The van der Waals surface area contributed by atoms with Crippen LogP contribution in [-0.2, 0) is 0 Å². The van der Waals surface area contributed by atoms with Gasteiger partial charge in [-0.15, -0.1) is 0 Å². The van der Waals surface area contributed by atoms with Gasteiger partial charge in [-0.25, -0.2) is 4.98 Å². The Bertz CT molecular complexity index is 661. The molecular formula is C13H13BrCl2N2O2. The first kappa shape index (κ1) is 14.6. The number of aromatic nitrogens is 2. The zero-order valence-corrected chi connectivity index (χ0v) is 13.5. The lowest BCUT2D eigenvalue weighted by molar-refractivity contribution is -0.0227. The second kappa shape index (κ2) is 5.46. The van der Waals surface area contributed by atoms with E-state index in [1.807, 2.05) is 4.57 Å². The number of imidazole rings is 1. The summed E-state index contributed by atoms with van der Waals surface area (Å²) < 4.78 is 2.69. The van der Waals surface area contributed by atoms with E-state index in [0.717, 1.165) is 17.5 Å². The Hall–Kier alpha value is -0.330. The summed E-state index contributed by atoms with van der Waals surface area (Å²) in [6.45, 7) is 0. The molecule has 2 aromatic rings. The third-order valence-electron chi connectivity index (χ3n) is 3.81. The molecule has 3 atom stereocenters. The fourth-order valence-corrected chi connectivity index (χ4v) is 3.74. The lowest BCUT2D eigenvalue weighted by Gasteiger charge is -2.31. The van der Waals surface area contributed by atoms with Gasteiger partial charge in [-0.2, -0.15) is 0 Å². The fourth-order valence-electron chi connectivity index (χ4n) is 2.75. The second-order valence-electron chi connectivity index (χ2n) is 5.11. The number of fused-ring (bicyclic) bond motifs is 1. The molecule has 3 unspecified atom stereocenters. The van der Waals surface area contributed by atoms with Crippen molar-refractivity contribution in [3.63, 3.8) is 0 Å². The van der Waals surface area contributed by atoms with E-state index in [-0.39, 0.29) is 6.04 Å². The molecule has 1 aromatic heterocycles. The van der Waals surface area contributed by atoms with Crippen molar-refractivity contribution in [2.24, 2.45) is 0 Å². The molecule has 0 saturated heterocycles. The second-order valence-corrected chi connectivity index (χ2v) is 6.63. The van der Waals surface area contributed by atoms with Gasteiger partial charge >= 0.3 is 0 Å². The van der Waals surface area contributed by atoms with E-state index in [0.29, 0.717) is 27.6 Å².